The molecule has 0 amide bonds. The fourth-order valence-electron chi connectivity index (χ4n) is 1.57. The summed E-state index contributed by atoms with van der Waals surface area (Å²) in [6, 6.07) is 0. The fraction of sp³-hybridized carbons (Fsp3) is 0.833. The van der Waals surface area contributed by atoms with Crippen LogP contribution in [0.4, 0.5) is 0 Å². The molecule has 3 N–H and O–H groups in total. The van der Waals surface area contributed by atoms with Crippen molar-refractivity contribution in [3.05, 3.63) is 0 Å². The number of aliphatic carboxylic acids is 2. The Balaban J connectivity index is 3.98. The van der Waals surface area contributed by atoms with Gasteiger partial charge in [0.15, 0.2) is 0 Å². The fourth-order valence-corrected chi connectivity index (χ4v) is 3.05. The Bertz CT molecular complexity index is 414. The Morgan fingerprint density at radius 1 is 1.11 bits per heavy atom. The zero-order chi connectivity index (χ0) is 15.1. The van der Waals surface area contributed by atoms with Gasteiger partial charge in [-0.2, -0.15) is 0 Å². The lowest BCUT2D eigenvalue weighted by Gasteiger charge is -2.18. The minimum Gasteiger partial charge on any atom is -0.481 e. The van der Waals surface area contributed by atoms with Crippen LogP contribution in [0.5, 0.6) is 0 Å². The predicted octanol–water partition coefficient (Wildman–Crippen LogP) is 2.18. The van der Waals surface area contributed by atoms with Gasteiger partial charge in [-0.05, 0) is 39.5 Å². The minimum absolute atomic E-state index is 0.0293. The Hall–Kier alpha value is -1.11. The number of carboxylic acid groups (broad SMARTS) is 2. The summed E-state index contributed by atoms with van der Waals surface area (Å²) < 4.78 is 19.5. The molecule has 0 radical (unpaired) electrons. The van der Waals surface area contributed by atoms with E-state index in [9.17, 15) is 13.8 Å². The Morgan fingerprint density at radius 2 is 1.63 bits per heavy atom. The van der Waals surface area contributed by atoms with E-state index >= 15 is 0 Å². The average molecular weight is 293 g/mol. The summed E-state index contributed by atoms with van der Waals surface area (Å²) in [5.74, 6) is -1.42. The second kappa shape index (κ2) is 7.47. The second-order valence-corrected chi connectivity index (χ2v) is 7.80. The molecule has 0 aliphatic heterocycles. The maximum atomic E-state index is 11.9. The van der Waals surface area contributed by atoms with Gasteiger partial charge in [0, 0.05) is 27.7 Å². The van der Waals surface area contributed by atoms with Crippen LogP contribution in [0.25, 0.3) is 0 Å². The van der Waals surface area contributed by atoms with Crippen molar-refractivity contribution in [2.24, 2.45) is 5.41 Å². The normalized spacial score (nSPS) is 14.8. The van der Waals surface area contributed by atoms with Gasteiger partial charge >= 0.3 is 11.9 Å². The first-order chi connectivity index (χ1) is 8.57. The summed E-state index contributed by atoms with van der Waals surface area (Å²) in [5, 5.41) is 17.4. The van der Waals surface area contributed by atoms with Crippen molar-refractivity contribution in [3.63, 3.8) is 0 Å². The molecule has 0 aliphatic rings. The molecule has 0 bridgehead atoms. The van der Waals surface area contributed by atoms with Gasteiger partial charge in [-0.3, -0.25) is 14.4 Å². The Labute approximate surface area is 114 Å². The molecule has 0 rings (SSSR count). The zero-order valence-corrected chi connectivity index (χ0v) is 12.3. The third-order valence-electron chi connectivity index (χ3n) is 2.97. The molecule has 1 unspecified atom stereocenters. The van der Waals surface area contributed by atoms with Gasteiger partial charge in [-0.1, -0.05) is 0 Å². The van der Waals surface area contributed by atoms with Crippen LogP contribution in [0.15, 0.2) is 0 Å². The molecule has 0 aromatic rings. The van der Waals surface area contributed by atoms with Gasteiger partial charge in [0.1, 0.15) is 0 Å². The van der Waals surface area contributed by atoms with Gasteiger partial charge < -0.3 is 10.2 Å². The smallest absolute Gasteiger partial charge is 0.309 e. The molecule has 6 nitrogen and oxygen atoms in total. The molecule has 0 aromatic heterocycles. The van der Waals surface area contributed by atoms with Crippen molar-refractivity contribution in [3.8, 4) is 0 Å². The van der Waals surface area contributed by atoms with Crippen LogP contribution in [0.2, 0.25) is 0 Å². The number of nitrogens with one attached hydrogen (secondary N) is 1. The Kier molecular flexibility index (Phi) is 7.04. The van der Waals surface area contributed by atoms with Crippen LogP contribution in [-0.4, -0.2) is 37.9 Å². The van der Waals surface area contributed by atoms with E-state index < -0.39 is 27.1 Å². The maximum Gasteiger partial charge on any atom is 0.309 e. The van der Waals surface area contributed by atoms with Gasteiger partial charge in [0.05, 0.1) is 5.41 Å². The van der Waals surface area contributed by atoms with E-state index in [1.807, 2.05) is 0 Å². The van der Waals surface area contributed by atoms with Gasteiger partial charge in [-0.25, -0.2) is 4.21 Å². The van der Waals surface area contributed by atoms with Crippen molar-refractivity contribution in [2.45, 2.75) is 46.0 Å². The van der Waals surface area contributed by atoms with E-state index in [1.54, 1.807) is 13.8 Å². The lowest BCUT2D eigenvalue weighted by atomic mass is 9.88. The number of hydrogen-bond donors (Lipinski definition) is 3. The molecule has 0 heterocycles. The number of unbranched alkanes of at least 4 members (excludes halogenated alkanes) is 1. The highest BCUT2D eigenvalue weighted by Gasteiger charge is 2.26. The second-order valence-electron chi connectivity index (χ2n) is 5.36. The quantitative estimate of drug-likeness (QED) is 0.534. The molecular weight excluding hydrogens is 270 g/mol. The molecular formula is C12H23NO5S. The van der Waals surface area contributed by atoms with Crippen molar-refractivity contribution in [1.82, 2.24) is 0 Å². The van der Waals surface area contributed by atoms with Crippen molar-refractivity contribution < 1.29 is 24.0 Å². The molecule has 0 saturated heterocycles. The lowest BCUT2D eigenvalue weighted by molar-refractivity contribution is -0.147. The molecule has 0 aliphatic carbocycles. The summed E-state index contributed by atoms with van der Waals surface area (Å²) in [5.41, 5.74) is -0.862. The molecule has 1 atom stereocenters. The molecule has 0 aromatic carbocycles. The van der Waals surface area contributed by atoms with Crippen molar-refractivity contribution >= 4 is 21.7 Å². The van der Waals surface area contributed by atoms with E-state index in [0.717, 1.165) is 0 Å². The van der Waals surface area contributed by atoms with E-state index in [4.69, 9.17) is 15.0 Å². The third-order valence-corrected chi connectivity index (χ3v) is 4.87. The van der Waals surface area contributed by atoms with E-state index in [2.05, 4.69) is 0 Å². The van der Waals surface area contributed by atoms with Gasteiger partial charge in [-0.15, -0.1) is 0 Å². The first-order valence-corrected chi connectivity index (χ1v) is 8.16. The lowest BCUT2D eigenvalue weighted by Crippen LogP contribution is -2.24. The summed E-state index contributed by atoms with van der Waals surface area (Å²) in [7, 11) is -2.71. The standard InChI is InChI=1S/C12H23NO5S/c1-12(2,11(16)17)7-5-9-19(13,18)8-4-3-6-10(14)15/h13H,3-9H2,1-2H3,(H,14,15)(H,16,17). The third kappa shape index (κ3) is 8.58. The van der Waals surface area contributed by atoms with Crippen LogP contribution in [0.1, 0.15) is 46.0 Å². The number of carbonyl (C=O) groups is 2. The molecule has 112 valence electrons. The van der Waals surface area contributed by atoms with E-state index in [-0.39, 0.29) is 17.9 Å². The topological polar surface area (TPSA) is 116 Å². The van der Waals surface area contributed by atoms with E-state index in [0.29, 0.717) is 25.7 Å². The number of hydrogen-bond acceptors (Lipinski definition) is 4. The van der Waals surface area contributed by atoms with Crippen LogP contribution in [0, 0.1) is 10.2 Å². The van der Waals surface area contributed by atoms with Crippen molar-refractivity contribution in [1.29, 1.82) is 4.78 Å². The molecule has 0 fully saturated rings. The largest absolute Gasteiger partial charge is 0.481 e. The first kappa shape index (κ1) is 17.9. The predicted molar refractivity (Wildman–Crippen MR) is 72.7 cm³/mol. The SMILES string of the molecule is CC(C)(CCCS(=N)(=O)CCCCC(=O)O)C(=O)O. The number of carboxylic acids is 2. The summed E-state index contributed by atoms with van der Waals surface area (Å²) in [6.07, 6.45) is 1.72. The minimum atomic E-state index is -2.71. The van der Waals surface area contributed by atoms with Crippen LogP contribution < -0.4 is 0 Å². The van der Waals surface area contributed by atoms with Crippen LogP contribution in [0.3, 0.4) is 0 Å². The summed E-state index contributed by atoms with van der Waals surface area (Å²) in [6.45, 7) is 3.21. The maximum absolute atomic E-state index is 11.9. The van der Waals surface area contributed by atoms with Crippen LogP contribution in [-0.2, 0) is 19.3 Å². The summed E-state index contributed by atoms with van der Waals surface area (Å²) in [4.78, 5) is 21.2. The van der Waals surface area contributed by atoms with E-state index in [1.165, 1.54) is 0 Å². The van der Waals surface area contributed by atoms with Gasteiger partial charge in [0.25, 0.3) is 0 Å². The highest BCUT2D eigenvalue weighted by atomic mass is 32.2. The molecule has 19 heavy (non-hydrogen) atoms. The zero-order valence-electron chi connectivity index (χ0n) is 11.5. The summed E-state index contributed by atoms with van der Waals surface area (Å²) >= 11 is 0. The highest BCUT2D eigenvalue weighted by Crippen LogP contribution is 2.22. The molecule has 7 heteroatoms. The van der Waals surface area contributed by atoms with Crippen LogP contribution >= 0.6 is 0 Å². The first-order valence-electron chi connectivity index (χ1n) is 6.26. The number of rotatable bonds is 10. The van der Waals surface area contributed by atoms with Crippen molar-refractivity contribution in [2.75, 3.05) is 11.5 Å². The molecule has 0 spiro atoms. The van der Waals surface area contributed by atoms with Gasteiger partial charge in [0.2, 0.25) is 0 Å². The average Bonchev–Trinajstić information content (AvgIpc) is 2.23. The molecule has 0 saturated carbocycles. The monoisotopic (exact) mass is 293 g/mol. The Morgan fingerprint density at radius 3 is 2.11 bits per heavy atom. The highest BCUT2D eigenvalue weighted by molar-refractivity contribution is 7.92.